The third kappa shape index (κ3) is 2.26. The predicted molar refractivity (Wildman–Crippen MR) is 79.3 cm³/mol. The second-order valence-corrected chi connectivity index (χ2v) is 5.75. The van der Waals surface area contributed by atoms with Gasteiger partial charge < -0.3 is 9.84 Å². The number of fused-ring (bicyclic) bond motifs is 1. The van der Waals surface area contributed by atoms with Gasteiger partial charge in [0.05, 0.1) is 12.0 Å². The first kappa shape index (κ1) is 13.0. The third-order valence-corrected chi connectivity index (χ3v) is 4.34. The minimum absolute atomic E-state index is 0.00697. The normalized spacial score (nSPS) is 10.9. The van der Waals surface area contributed by atoms with Crippen molar-refractivity contribution in [2.24, 2.45) is 0 Å². The molecule has 1 aromatic carbocycles. The lowest BCUT2D eigenvalue weighted by Crippen LogP contribution is -1.92. The number of nitrogens with zero attached hydrogens (tertiary/aromatic N) is 2. The van der Waals surface area contributed by atoms with Gasteiger partial charge in [0, 0.05) is 4.88 Å². The lowest BCUT2D eigenvalue weighted by molar-refractivity contribution is 0.281. The summed E-state index contributed by atoms with van der Waals surface area (Å²) in [5, 5.41) is 10.1. The number of hydrogen-bond donors (Lipinski definition) is 1. The number of aliphatic hydroxyl groups excluding tert-OH is 1. The zero-order valence-corrected chi connectivity index (χ0v) is 12.1. The van der Waals surface area contributed by atoms with Crippen LogP contribution in [0.15, 0.2) is 30.6 Å². The molecule has 20 heavy (non-hydrogen) atoms. The van der Waals surface area contributed by atoms with E-state index in [-0.39, 0.29) is 6.61 Å². The van der Waals surface area contributed by atoms with E-state index in [0.29, 0.717) is 11.6 Å². The summed E-state index contributed by atoms with van der Waals surface area (Å²) in [6.07, 6.45) is 1.52. The van der Waals surface area contributed by atoms with E-state index >= 15 is 0 Å². The highest BCUT2D eigenvalue weighted by atomic mass is 32.1. The van der Waals surface area contributed by atoms with Crippen LogP contribution in [0.4, 0.5) is 0 Å². The van der Waals surface area contributed by atoms with E-state index in [0.717, 1.165) is 21.3 Å². The first-order chi connectivity index (χ1) is 9.69. The molecule has 0 aliphatic rings. The highest BCUT2D eigenvalue weighted by molar-refractivity contribution is 7.18. The molecule has 2 aromatic heterocycles. The first-order valence-corrected chi connectivity index (χ1v) is 7.09. The quantitative estimate of drug-likeness (QED) is 0.799. The lowest BCUT2D eigenvalue weighted by atomic mass is 10.2. The zero-order valence-electron chi connectivity index (χ0n) is 11.3. The molecule has 3 rings (SSSR count). The van der Waals surface area contributed by atoms with E-state index in [1.807, 2.05) is 24.3 Å². The standard InChI is InChI=1S/C15H14N2O2S/c1-9-10(2)20-15-13(9)14(16-8-17-15)19-12-5-3-4-11(6-12)7-18/h3-6,8,18H,7H2,1-2H3. The molecule has 4 nitrogen and oxygen atoms in total. The zero-order chi connectivity index (χ0) is 14.1. The molecule has 0 saturated carbocycles. The summed E-state index contributed by atoms with van der Waals surface area (Å²) in [5.41, 5.74) is 1.96. The van der Waals surface area contributed by atoms with Gasteiger partial charge in [0.15, 0.2) is 0 Å². The molecular formula is C15H14N2O2S. The number of aliphatic hydroxyl groups is 1. The molecule has 0 aliphatic carbocycles. The largest absolute Gasteiger partial charge is 0.438 e. The number of aromatic nitrogens is 2. The topological polar surface area (TPSA) is 55.2 Å². The fraction of sp³-hybridized carbons (Fsp3) is 0.200. The van der Waals surface area contributed by atoms with Gasteiger partial charge in [-0.25, -0.2) is 9.97 Å². The van der Waals surface area contributed by atoms with Crippen LogP contribution >= 0.6 is 11.3 Å². The Kier molecular flexibility index (Phi) is 3.38. The molecule has 0 fully saturated rings. The maximum absolute atomic E-state index is 9.17. The number of thiophene rings is 1. The summed E-state index contributed by atoms with van der Waals surface area (Å²) >= 11 is 1.64. The Morgan fingerprint density at radius 1 is 1.25 bits per heavy atom. The van der Waals surface area contributed by atoms with Crippen LogP contribution in [0, 0.1) is 13.8 Å². The number of ether oxygens (including phenoxy) is 1. The van der Waals surface area contributed by atoms with Gasteiger partial charge in [0.1, 0.15) is 16.9 Å². The minimum Gasteiger partial charge on any atom is -0.438 e. The molecule has 0 aliphatic heterocycles. The summed E-state index contributed by atoms with van der Waals surface area (Å²) in [5.74, 6) is 1.23. The second kappa shape index (κ2) is 5.19. The average Bonchev–Trinajstić information content (AvgIpc) is 2.75. The summed E-state index contributed by atoms with van der Waals surface area (Å²) in [6.45, 7) is 4.11. The molecule has 102 valence electrons. The van der Waals surface area contributed by atoms with Crippen LogP contribution in [0.3, 0.4) is 0 Å². The highest BCUT2D eigenvalue weighted by Crippen LogP contribution is 2.35. The van der Waals surface area contributed by atoms with Crippen molar-refractivity contribution in [1.29, 1.82) is 0 Å². The smallest absolute Gasteiger partial charge is 0.231 e. The van der Waals surface area contributed by atoms with E-state index in [2.05, 4.69) is 23.8 Å². The summed E-state index contributed by atoms with van der Waals surface area (Å²) < 4.78 is 5.87. The van der Waals surface area contributed by atoms with Crippen molar-refractivity contribution in [3.05, 3.63) is 46.6 Å². The molecule has 3 aromatic rings. The Morgan fingerprint density at radius 2 is 2.10 bits per heavy atom. The first-order valence-electron chi connectivity index (χ1n) is 6.27. The van der Waals surface area contributed by atoms with Gasteiger partial charge in [-0.1, -0.05) is 12.1 Å². The Labute approximate surface area is 120 Å². The maximum Gasteiger partial charge on any atom is 0.231 e. The summed E-state index contributed by atoms with van der Waals surface area (Å²) in [7, 11) is 0. The molecule has 5 heteroatoms. The van der Waals surface area contributed by atoms with Crippen molar-refractivity contribution in [3.63, 3.8) is 0 Å². The van der Waals surface area contributed by atoms with E-state index in [9.17, 15) is 0 Å². The van der Waals surface area contributed by atoms with Crippen molar-refractivity contribution in [1.82, 2.24) is 9.97 Å². The Balaban J connectivity index is 2.06. The SMILES string of the molecule is Cc1sc2ncnc(Oc3cccc(CO)c3)c2c1C. The van der Waals surface area contributed by atoms with Crippen LogP contribution in [0.1, 0.15) is 16.0 Å². The molecule has 0 atom stereocenters. The van der Waals surface area contributed by atoms with Crippen LogP contribution in [0.2, 0.25) is 0 Å². The van der Waals surface area contributed by atoms with Crippen molar-refractivity contribution < 1.29 is 9.84 Å². The van der Waals surface area contributed by atoms with Crippen LogP contribution in [-0.2, 0) is 6.61 Å². The molecule has 0 radical (unpaired) electrons. The van der Waals surface area contributed by atoms with Gasteiger partial charge >= 0.3 is 0 Å². The highest BCUT2D eigenvalue weighted by Gasteiger charge is 2.13. The molecule has 0 amide bonds. The van der Waals surface area contributed by atoms with Gasteiger partial charge in [0.25, 0.3) is 0 Å². The second-order valence-electron chi connectivity index (χ2n) is 4.55. The van der Waals surface area contributed by atoms with Crippen molar-refractivity contribution >= 4 is 21.6 Å². The molecule has 0 saturated heterocycles. The van der Waals surface area contributed by atoms with Gasteiger partial charge in [-0.3, -0.25) is 0 Å². The van der Waals surface area contributed by atoms with Crippen LogP contribution in [0.5, 0.6) is 11.6 Å². The third-order valence-electron chi connectivity index (χ3n) is 3.23. The number of benzene rings is 1. The van der Waals surface area contributed by atoms with E-state index in [4.69, 9.17) is 9.84 Å². The van der Waals surface area contributed by atoms with E-state index in [1.165, 1.54) is 11.2 Å². The fourth-order valence-corrected chi connectivity index (χ4v) is 3.03. The number of hydrogen-bond acceptors (Lipinski definition) is 5. The summed E-state index contributed by atoms with van der Waals surface area (Å²) in [6, 6.07) is 7.36. The molecule has 1 N–H and O–H groups in total. The molecule has 0 unspecified atom stereocenters. The molecule has 0 spiro atoms. The van der Waals surface area contributed by atoms with Crippen LogP contribution in [-0.4, -0.2) is 15.1 Å². The predicted octanol–water partition coefficient (Wildman–Crippen LogP) is 3.59. The van der Waals surface area contributed by atoms with Gasteiger partial charge in [-0.2, -0.15) is 0 Å². The maximum atomic E-state index is 9.17. The fourth-order valence-electron chi connectivity index (χ4n) is 2.05. The van der Waals surface area contributed by atoms with Crippen molar-refractivity contribution in [3.8, 4) is 11.6 Å². The monoisotopic (exact) mass is 286 g/mol. The van der Waals surface area contributed by atoms with Gasteiger partial charge in [0.2, 0.25) is 5.88 Å². The van der Waals surface area contributed by atoms with Crippen LogP contribution in [0.25, 0.3) is 10.2 Å². The minimum atomic E-state index is -0.00697. The van der Waals surface area contributed by atoms with E-state index in [1.54, 1.807) is 11.3 Å². The molecular weight excluding hydrogens is 272 g/mol. The van der Waals surface area contributed by atoms with Gasteiger partial charge in [-0.05, 0) is 37.1 Å². The Morgan fingerprint density at radius 3 is 2.90 bits per heavy atom. The summed E-state index contributed by atoms with van der Waals surface area (Å²) in [4.78, 5) is 10.7. The van der Waals surface area contributed by atoms with Crippen molar-refractivity contribution in [2.75, 3.05) is 0 Å². The van der Waals surface area contributed by atoms with Crippen LogP contribution < -0.4 is 4.74 Å². The Bertz CT molecular complexity index is 768. The molecule has 2 heterocycles. The molecule has 0 bridgehead atoms. The van der Waals surface area contributed by atoms with E-state index < -0.39 is 0 Å². The Hall–Kier alpha value is -1.98. The lowest BCUT2D eigenvalue weighted by Gasteiger charge is -2.07. The van der Waals surface area contributed by atoms with Crippen molar-refractivity contribution in [2.45, 2.75) is 20.5 Å². The van der Waals surface area contributed by atoms with Gasteiger partial charge in [-0.15, -0.1) is 11.3 Å². The average molecular weight is 286 g/mol. The number of rotatable bonds is 3. The number of aryl methyl sites for hydroxylation is 2.